The van der Waals surface area contributed by atoms with Crippen molar-refractivity contribution in [3.05, 3.63) is 74.3 Å². The van der Waals surface area contributed by atoms with E-state index in [-0.39, 0.29) is 25.0 Å². The number of benzene rings is 2. The highest BCUT2D eigenvalue weighted by Gasteiger charge is 2.52. The first-order valence-electron chi connectivity index (χ1n) is 11.4. The van der Waals surface area contributed by atoms with Crippen LogP contribution in [0, 0.1) is 9.49 Å². The predicted octanol–water partition coefficient (Wildman–Crippen LogP) is 4.24. The van der Waals surface area contributed by atoms with Gasteiger partial charge in [0.05, 0.1) is 24.9 Å². The Morgan fingerprint density at radius 1 is 1.32 bits per heavy atom. The maximum absolute atomic E-state index is 13.6. The number of halogens is 2. The van der Waals surface area contributed by atoms with Crippen LogP contribution in [0.25, 0.3) is 0 Å². The molecule has 0 aromatic heterocycles. The maximum atomic E-state index is 13.6. The van der Waals surface area contributed by atoms with Gasteiger partial charge in [0.1, 0.15) is 0 Å². The average molecular weight is 595 g/mol. The van der Waals surface area contributed by atoms with E-state index < -0.39 is 17.4 Å². The second kappa shape index (κ2) is 10.4. The number of likely N-dealkylation sites (tertiary alicyclic amines) is 1. The maximum Gasteiger partial charge on any atom is 0.264 e. The van der Waals surface area contributed by atoms with Gasteiger partial charge >= 0.3 is 0 Å². The van der Waals surface area contributed by atoms with Crippen LogP contribution in [0.4, 0.5) is 5.69 Å². The van der Waals surface area contributed by atoms with Gasteiger partial charge in [-0.3, -0.25) is 9.59 Å². The fourth-order valence-corrected chi connectivity index (χ4v) is 5.66. The lowest BCUT2D eigenvalue weighted by Crippen LogP contribution is -2.44. The molecule has 0 radical (unpaired) electrons. The second-order valence-electron chi connectivity index (χ2n) is 8.94. The largest absolute Gasteiger partial charge is 0.394 e. The summed E-state index contributed by atoms with van der Waals surface area (Å²) >= 11 is 8.48. The molecule has 6 nitrogen and oxygen atoms in total. The van der Waals surface area contributed by atoms with Gasteiger partial charge in [-0.05, 0) is 71.3 Å². The molecule has 0 aliphatic carbocycles. The molecule has 0 saturated carbocycles. The van der Waals surface area contributed by atoms with E-state index >= 15 is 0 Å². The molecule has 2 aliphatic rings. The van der Waals surface area contributed by atoms with E-state index in [1.807, 2.05) is 24.3 Å². The minimum absolute atomic E-state index is 0.0338. The van der Waals surface area contributed by atoms with Crippen LogP contribution in [0.15, 0.2) is 54.6 Å². The molecule has 34 heavy (non-hydrogen) atoms. The number of aliphatic hydroxyl groups is 2. The smallest absolute Gasteiger partial charge is 0.264 e. The van der Waals surface area contributed by atoms with Crippen LogP contribution in [0.1, 0.15) is 37.3 Å². The lowest BCUT2D eigenvalue weighted by molar-refractivity contribution is -0.139. The molecule has 8 heteroatoms. The topological polar surface area (TPSA) is 81.1 Å². The van der Waals surface area contributed by atoms with Gasteiger partial charge in [0, 0.05) is 33.0 Å². The number of anilines is 1. The summed E-state index contributed by atoms with van der Waals surface area (Å²) in [5, 5.41) is 21.6. The number of carbonyl (C=O) groups is 2. The van der Waals surface area contributed by atoms with E-state index in [4.69, 9.17) is 11.6 Å². The Bertz CT molecular complexity index is 1120. The number of hydrogen-bond donors (Lipinski definition) is 2. The van der Waals surface area contributed by atoms with Crippen LogP contribution < -0.4 is 4.90 Å². The van der Waals surface area contributed by atoms with Crippen molar-refractivity contribution in [2.45, 2.75) is 44.4 Å². The molecule has 1 saturated heterocycles. The molecule has 1 fully saturated rings. The Morgan fingerprint density at radius 2 is 2.12 bits per heavy atom. The molecule has 0 spiro atoms. The highest BCUT2D eigenvalue weighted by Crippen LogP contribution is 2.46. The van der Waals surface area contributed by atoms with Crippen molar-refractivity contribution in [2.75, 3.05) is 18.1 Å². The number of hydrogen-bond acceptors (Lipinski definition) is 4. The number of carbonyl (C=O) groups excluding carboxylic acids is 2. The van der Waals surface area contributed by atoms with Crippen molar-refractivity contribution in [3.63, 3.8) is 0 Å². The van der Waals surface area contributed by atoms with Gasteiger partial charge in [0.15, 0.2) is 5.60 Å². The summed E-state index contributed by atoms with van der Waals surface area (Å²) in [7, 11) is 0. The lowest BCUT2D eigenvalue weighted by Gasteiger charge is -2.28. The summed E-state index contributed by atoms with van der Waals surface area (Å²) in [6.45, 7) is 2.72. The zero-order valence-electron chi connectivity index (χ0n) is 19.0. The van der Waals surface area contributed by atoms with Crippen LogP contribution >= 0.6 is 34.2 Å². The predicted molar refractivity (Wildman–Crippen MR) is 140 cm³/mol. The monoisotopic (exact) mass is 594 g/mol. The van der Waals surface area contributed by atoms with E-state index in [1.54, 1.807) is 47.1 Å². The van der Waals surface area contributed by atoms with Crippen molar-refractivity contribution >= 4 is 51.7 Å². The normalized spacial score (nSPS) is 23.1. The average Bonchev–Trinajstić information content (AvgIpc) is 3.37. The van der Waals surface area contributed by atoms with Crippen molar-refractivity contribution < 1.29 is 19.8 Å². The van der Waals surface area contributed by atoms with Crippen LogP contribution in [-0.2, 0) is 21.7 Å². The molecule has 4 rings (SSSR count). The van der Waals surface area contributed by atoms with Gasteiger partial charge in [-0.25, -0.2) is 0 Å². The zero-order chi connectivity index (χ0) is 24.5. The molecular weight excluding hydrogens is 567 g/mol. The van der Waals surface area contributed by atoms with Gasteiger partial charge in [-0.2, -0.15) is 0 Å². The summed E-state index contributed by atoms with van der Waals surface area (Å²) in [5.41, 5.74) is 0.278. The zero-order valence-corrected chi connectivity index (χ0v) is 21.9. The Hall–Kier alpha value is -1.94. The number of rotatable bonds is 7. The fourth-order valence-electron chi connectivity index (χ4n) is 4.88. The Balaban J connectivity index is 1.56. The summed E-state index contributed by atoms with van der Waals surface area (Å²) in [6, 6.07) is 12.9. The molecule has 2 heterocycles. The molecule has 3 atom stereocenters. The summed E-state index contributed by atoms with van der Waals surface area (Å²) in [5.74, 6) is -1.06. The van der Waals surface area contributed by atoms with E-state index in [2.05, 4.69) is 22.6 Å². The first-order valence-corrected chi connectivity index (χ1v) is 12.9. The molecule has 2 aromatic rings. The van der Waals surface area contributed by atoms with Crippen LogP contribution in [0.2, 0.25) is 5.02 Å². The summed E-state index contributed by atoms with van der Waals surface area (Å²) in [4.78, 5) is 29.5. The SMILES string of the molecule is C[C@@H](/C=C/CC(=O)N1CCC[C@H]1CO)[C@]1(O)C(=O)N(Cc2cccc(I)c2)c2ccc(Cl)cc21. The second-order valence-corrected chi connectivity index (χ2v) is 10.6. The van der Waals surface area contributed by atoms with Crippen LogP contribution in [0.5, 0.6) is 0 Å². The number of fused-ring (bicyclic) bond motifs is 1. The van der Waals surface area contributed by atoms with Crippen molar-refractivity contribution in [2.24, 2.45) is 5.92 Å². The van der Waals surface area contributed by atoms with Gasteiger partial charge in [-0.1, -0.05) is 42.8 Å². The Kier molecular flexibility index (Phi) is 7.66. The molecule has 2 amide bonds. The minimum atomic E-state index is -1.79. The first-order chi connectivity index (χ1) is 16.3. The number of nitrogens with zero attached hydrogens (tertiary/aromatic N) is 2. The molecule has 180 valence electrons. The molecular formula is C26H28ClIN2O4. The van der Waals surface area contributed by atoms with Gasteiger partial charge in [0.25, 0.3) is 5.91 Å². The van der Waals surface area contributed by atoms with Crippen molar-refractivity contribution in [3.8, 4) is 0 Å². The third-order valence-corrected chi connectivity index (χ3v) is 7.65. The third-order valence-electron chi connectivity index (χ3n) is 6.75. The van der Waals surface area contributed by atoms with Gasteiger partial charge in [-0.15, -0.1) is 0 Å². The van der Waals surface area contributed by atoms with Crippen molar-refractivity contribution in [1.82, 2.24) is 4.90 Å². The van der Waals surface area contributed by atoms with Gasteiger partial charge in [0.2, 0.25) is 5.91 Å². The first kappa shape index (κ1) is 25.2. The highest BCUT2D eigenvalue weighted by atomic mass is 127. The van der Waals surface area contributed by atoms with E-state index in [9.17, 15) is 19.8 Å². The fraction of sp³-hybridized carbons (Fsp3) is 0.385. The lowest BCUT2D eigenvalue weighted by atomic mass is 9.83. The quantitative estimate of drug-likeness (QED) is 0.371. The molecule has 2 aliphatic heterocycles. The standard InChI is InChI=1S/C26H28ClIN2O4/c1-17(5-2-9-24(32)29-12-4-8-21(29)16-31)26(34)22-14-19(27)10-11-23(22)30(25(26)33)15-18-6-3-7-20(28)13-18/h2-3,5-7,10-11,13-14,17,21,31,34H,4,8-9,12,15-16H2,1H3/b5-2+/t17-,21-,26+/m0/s1. The van der Waals surface area contributed by atoms with Gasteiger partial charge < -0.3 is 20.0 Å². The molecule has 2 N–H and O–H groups in total. The molecule has 2 aromatic carbocycles. The highest BCUT2D eigenvalue weighted by molar-refractivity contribution is 14.1. The molecule has 0 bridgehead atoms. The summed E-state index contributed by atoms with van der Waals surface area (Å²) < 4.78 is 1.07. The number of amides is 2. The number of aliphatic hydroxyl groups excluding tert-OH is 1. The third kappa shape index (κ3) is 4.76. The van der Waals surface area contributed by atoms with Crippen LogP contribution in [-0.4, -0.2) is 46.1 Å². The van der Waals surface area contributed by atoms with Crippen molar-refractivity contribution in [1.29, 1.82) is 0 Å². The van der Waals surface area contributed by atoms with Crippen LogP contribution in [0.3, 0.4) is 0 Å². The van der Waals surface area contributed by atoms with E-state index in [0.717, 1.165) is 22.0 Å². The van der Waals surface area contributed by atoms with E-state index in [1.165, 1.54) is 0 Å². The van der Waals surface area contributed by atoms with E-state index in [0.29, 0.717) is 29.4 Å². The minimum Gasteiger partial charge on any atom is -0.394 e. The Labute approximate surface area is 218 Å². The summed E-state index contributed by atoms with van der Waals surface area (Å²) in [6.07, 6.45) is 5.28. The Morgan fingerprint density at radius 3 is 2.85 bits per heavy atom. The molecule has 0 unspecified atom stereocenters.